The third kappa shape index (κ3) is 2.97. The summed E-state index contributed by atoms with van der Waals surface area (Å²) in [5, 5.41) is 3.70. The lowest BCUT2D eigenvalue weighted by Crippen LogP contribution is -2.39. The lowest BCUT2D eigenvalue weighted by atomic mass is 9.83. The monoisotopic (exact) mass is 310 g/mol. The SMILES string of the molecule is CC(C)(C(=O)NCc1ccccc1)c1c[nH]c2ccc(F)cc12. The van der Waals surface area contributed by atoms with Gasteiger partial charge in [0.1, 0.15) is 5.82 Å². The van der Waals surface area contributed by atoms with Gasteiger partial charge >= 0.3 is 0 Å². The summed E-state index contributed by atoms with van der Waals surface area (Å²) in [5.41, 5.74) is 1.89. The van der Waals surface area contributed by atoms with Crippen LogP contribution in [0.5, 0.6) is 0 Å². The van der Waals surface area contributed by atoms with E-state index in [-0.39, 0.29) is 11.7 Å². The van der Waals surface area contributed by atoms with Crippen molar-refractivity contribution in [2.24, 2.45) is 0 Å². The van der Waals surface area contributed by atoms with Gasteiger partial charge in [-0.2, -0.15) is 0 Å². The molecule has 0 radical (unpaired) electrons. The van der Waals surface area contributed by atoms with Crippen LogP contribution in [0, 0.1) is 5.82 Å². The van der Waals surface area contributed by atoms with E-state index in [1.54, 1.807) is 12.3 Å². The van der Waals surface area contributed by atoms with Crippen molar-refractivity contribution in [1.29, 1.82) is 0 Å². The molecule has 0 aliphatic rings. The van der Waals surface area contributed by atoms with Crippen molar-refractivity contribution in [3.8, 4) is 0 Å². The molecule has 118 valence electrons. The molecule has 0 atom stereocenters. The molecule has 0 spiro atoms. The van der Waals surface area contributed by atoms with Crippen molar-refractivity contribution in [2.45, 2.75) is 25.8 Å². The molecule has 0 aliphatic carbocycles. The van der Waals surface area contributed by atoms with Gasteiger partial charge in [-0.1, -0.05) is 30.3 Å². The van der Waals surface area contributed by atoms with Crippen molar-refractivity contribution >= 4 is 16.8 Å². The van der Waals surface area contributed by atoms with E-state index < -0.39 is 5.41 Å². The number of H-pyrrole nitrogens is 1. The summed E-state index contributed by atoms with van der Waals surface area (Å²) in [6, 6.07) is 14.3. The zero-order chi connectivity index (χ0) is 16.4. The molecule has 3 rings (SSSR count). The van der Waals surface area contributed by atoms with Crippen molar-refractivity contribution in [2.75, 3.05) is 0 Å². The number of nitrogens with one attached hydrogen (secondary N) is 2. The minimum Gasteiger partial charge on any atom is -0.361 e. The molecule has 1 amide bonds. The van der Waals surface area contributed by atoms with Crippen molar-refractivity contribution in [3.63, 3.8) is 0 Å². The molecule has 4 heteroatoms. The molecule has 0 bridgehead atoms. The number of benzene rings is 2. The molecule has 0 saturated carbocycles. The van der Waals surface area contributed by atoms with Gasteiger partial charge < -0.3 is 10.3 Å². The standard InChI is InChI=1S/C19H19FN2O/c1-19(2,18(23)22-11-13-6-4-3-5-7-13)16-12-21-17-9-8-14(20)10-15(16)17/h3-10,12,21H,11H2,1-2H3,(H,22,23). The Morgan fingerprint density at radius 3 is 2.65 bits per heavy atom. The largest absolute Gasteiger partial charge is 0.361 e. The second kappa shape index (κ2) is 5.88. The van der Waals surface area contributed by atoms with Gasteiger partial charge in [-0.25, -0.2) is 4.39 Å². The van der Waals surface area contributed by atoms with E-state index >= 15 is 0 Å². The van der Waals surface area contributed by atoms with Crippen LogP contribution in [0.4, 0.5) is 4.39 Å². The van der Waals surface area contributed by atoms with E-state index in [9.17, 15) is 9.18 Å². The summed E-state index contributed by atoms with van der Waals surface area (Å²) in [4.78, 5) is 15.7. The fraction of sp³-hybridized carbons (Fsp3) is 0.211. The molecule has 0 saturated heterocycles. The van der Waals surface area contributed by atoms with Crippen LogP contribution in [0.1, 0.15) is 25.0 Å². The first-order valence-corrected chi connectivity index (χ1v) is 7.58. The topological polar surface area (TPSA) is 44.9 Å². The zero-order valence-corrected chi connectivity index (χ0v) is 13.2. The molecule has 0 aliphatic heterocycles. The maximum absolute atomic E-state index is 13.5. The van der Waals surface area contributed by atoms with Crippen LogP contribution in [0.2, 0.25) is 0 Å². The fourth-order valence-corrected chi connectivity index (χ4v) is 2.73. The Hall–Kier alpha value is -2.62. The van der Waals surface area contributed by atoms with Crippen LogP contribution in [-0.4, -0.2) is 10.9 Å². The van der Waals surface area contributed by atoms with Crippen LogP contribution in [0.15, 0.2) is 54.7 Å². The maximum atomic E-state index is 13.5. The van der Waals surface area contributed by atoms with E-state index in [0.29, 0.717) is 6.54 Å². The fourth-order valence-electron chi connectivity index (χ4n) is 2.73. The molecule has 1 heterocycles. The number of amides is 1. The normalized spacial score (nSPS) is 11.6. The number of carbonyl (C=O) groups is 1. The van der Waals surface area contributed by atoms with Crippen LogP contribution in [0.3, 0.4) is 0 Å². The quantitative estimate of drug-likeness (QED) is 0.754. The highest BCUT2D eigenvalue weighted by Gasteiger charge is 2.32. The number of fused-ring (bicyclic) bond motifs is 1. The number of halogens is 1. The average molecular weight is 310 g/mol. The van der Waals surface area contributed by atoms with Gasteiger partial charge in [0.25, 0.3) is 0 Å². The minimum absolute atomic E-state index is 0.0912. The Morgan fingerprint density at radius 2 is 1.91 bits per heavy atom. The first-order chi connectivity index (χ1) is 11.0. The van der Waals surface area contributed by atoms with E-state index in [0.717, 1.165) is 22.0 Å². The van der Waals surface area contributed by atoms with Crippen LogP contribution >= 0.6 is 0 Å². The number of aromatic nitrogens is 1. The van der Waals surface area contributed by atoms with Gasteiger partial charge in [0, 0.05) is 23.6 Å². The second-order valence-electron chi connectivity index (χ2n) is 6.19. The average Bonchev–Trinajstić information content (AvgIpc) is 2.97. The molecule has 0 fully saturated rings. The predicted molar refractivity (Wildman–Crippen MR) is 89.6 cm³/mol. The van der Waals surface area contributed by atoms with Gasteiger partial charge in [-0.15, -0.1) is 0 Å². The van der Waals surface area contributed by atoms with Gasteiger partial charge in [-0.05, 0) is 43.2 Å². The third-order valence-electron chi connectivity index (χ3n) is 4.18. The number of carbonyl (C=O) groups excluding carboxylic acids is 1. The van der Waals surface area contributed by atoms with Crippen molar-refractivity contribution < 1.29 is 9.18 Å². The number of aromatic amines is 1. The summed E-state index contributed by atoms with van der Waals surface area (Å²) < 4.78 is 13.5. The first kappa shape index (κ1) is 15.3. The Balaban J connectivity index is 1.84. The highest BCUT2D eigenvalue weighted by molar-refractivity contribution is 5.94. The lowest BCUT2D eigenvalue weighted by molar-refractivity contribution is -0.125. The Labute approximate surface area is 134 Å². The molecule has 2 N–H and O–H groups in total. The van der Waals surface area contributed by atoms with E-state index in [1.807, 2.05) is 44.2 Å². The van der Waals surface area contributed by atoms with Crippen LogP contribution in [-0.2, 0) is 16.8 Å². The molecular formula is C19H19FN2O. The molecule has 23 heavy (non-hydrogen) atoms. The van der Waals surface area contributed by atoms with Crippen LogP contribution < -0.4 is 5.32 Å². The Bertz CT molecular complexity index is 837. The summed E-state index contributed by atoms with van der Waals surface area (Å²) >= 11 is 0. The molecule has 2 aromatic carbocycles. The highest BCUT2D eigenvalue weighted by Crippen LogP contribution is 2.31. The summed E-state index contributed by atoms with van der Waals surface area (Å²) in [6.45, 7) is 4.17. The molecule has 1 aromatic heterocycles. The predicted octanol–water partition coefficient (Wildman–Crippen LogP) is 3.90. The minimum atomic E-state index is -0.763. The molecule has 0 unspecified atom stereocenters. The van der Waals surface area contributed by atoms with Crippen LogP contribution in [0.25, 0.3) is 10.9 Å². The second-order valence-corrected chi connectivity index (χ2v) is 6.19. The first-order valence-electron chi connectivity index (χ1n) is 7.58. The molecule has 3 aromatic rings. The van der Waals surface area contributed by atoms with Gasteiger partial charge in [0.2, 0.25) is 5.91 Å². The lowest BCUT2D eigenvalue weighted by Gasteiger charge is -2.23. The highest BCUT2D eigenvalue weighted by atomic mass is 19.1. The maximum Gasteiger partial charge on any atom is 0.230 e. The summed E-state index contributed by atoms with van der Waals surface area (Å²) in [7, 11) is 0. The molecule has 3 nitrogen and oxygen atoms in total. The smallest absolute Gasteiger partial charge is 0.230 e. The van der Waals surface area contributed by atoms with E-state index in [4.69, 9.17) is 0 Å². The van der Waals surface area contributed by atoms with E-state index in [2.05, 4.69) is 10.3 Å². The van der Waals surface area contributed by atoms with Crippen molar-refractivity contribution in [3.05, 3.63) is 71.7 Å². The Morgan fingerprint density at radius 1 is 1.17 bits per heavy atom. The third-order valence-corrected chi connectivity index (χ3v) is 4.18. The van der Waals surface area contributed by atoms with Gasteiger partial charge in [-0.3, -0.25) is 4.79 Å². The number of rotatable bonds is 4. The van der Waals surface area contributed by atoms with Gasteiger partial charge in [0.05, 0.1) is 5.41 Å². The van der Waals surface area contributed by atoms with E-state index in [1.165, 1.54) is 12.1 Å². The zero-order valence-electron chi connectivity index (χ0n) is 13.2. The number of hydrogen-bond donors (Lipinski definition) is 2. The van der Waals surface area contributed by atoms with Crippen molar-refractivity contribution in [1.82, 2.24) is 10.3 Å². The number of hydrogen-bond acceptors (Lipinski definition) is 1. The summed E-state index contributed by atoms with van der Waals surface area (Å²) in [5.74, 6) is -0.398. The Kier molecular flexibility index (Phi) is 3.90. The summed E-state index contributed by atoms with van der Waals surface area (Å²) in [6.07, 6.45) is 1.78. The molecular weight excluding hydrogens is 291 g/mol. The van der Waals surface area contributed by atoms with Gasteiger partial charge in [0.15, 0.2) is 0 Å².